The van der Waals surface area contributed by atoms with Crippen LogP contribution in [0.3, 0.4) is 0 Å². The lowest BCUT2D eigenvalue weighted by Crippen LogP contribution is -2.39. The summed E-state index contributed by atoms with van der Waals surface area (Å²) in [6.45, 7) is 27.0. The Hall–Kier alpha value is -4.55. The molecule has 3 heterocycles. The van der Waals surface area contributed by atoms with Gasteiger partial charge in [-0.1, -0.05) is 124 Å². The topological polar surface area (TPSA) is 63.8 Å². The molecule has 0 bridgehead atoms. The van der Waals surface area contributed by atoms with Gasteiger partial charge in [0.1, 0.15) is 17.1 Å². The molecule has 6 aromatic rings. The molecule has 6 rings (SSSR count). The number of aryl methyl sites for hydroxylation is 1. The second-order valence-corrected chi connectivity index (χ2v) is 23.3. The Bertz CT molecular complexity index is 2260. The van der Waals surface area contributed by atoms with Crippen LogP contribution in [0.5, 0.6) is 5.75 Å². The van der Waals surface area contributed by atoms with Gasteiger partial charge in [0.05, 0.1) is 31.0 Å². The minimum absolute atomic E-state index is 0.106. The van der Waals surface area contributed by atoms with Crippen molar-refractivity contribution in [2.75, 3.05) is 0 Å². The van der Waals surface area contributed by atoms with Crippen LogP contribution in [0, 0.1) is 0 Å². The number of benzene rings is 3. The molecule has 0 unspecified atom stereocenters. The smallest absolute Gasteiger partial charge is 0.144 e. The molecule has 0 atom stereocenters. The molecule has 0 fully saturated rings. The van der Waals surface area contributed by atoms with Crippen molar-refractivity contribution >= 4 is 24.3 Å². The molecule has 6 heteroatoms. The number of aromatic hydroxyl groups is 1. The molecule has 0 aliphatic carbocycles. The number of nitrogens with zero attached hydrogens (tertiary/aromatic N) is 4. The molecule has 0 saturated carbocycles. The van der Waals surface area contributed by atoms with Gasteiger partial charge in [-0.3, -0.25) is 9.97 Å². The van der Waals surface area contributed by atoms with E-state index in [-0.39, 0.29) is 22.0 Å². The van der Waals surface area contributed by atoms with Crippen molar-refractivity contribution in [2.24, 2.45) is 7.05 Å². The zero-order chi connectivity index (χ0) is 37.3. The van der Waals surface area contributed by atoms with E-state index in [1.807, 2.05) is 19.4 Å². The molecule has 0 spiro atoms. The largest absolute Gasteiger partial charge is 0.507 e. The Morgan fingerprint density at radius 3 is 1.86 bits per heavy atom. The fourth-order valence-electron chi connectivity index (χ4n) is 6.79. The van der Waals surface area contributed by atoms with Crippen LogP contribution in [0.4, 0.5) is 0 Å². The summed E-state index contributed by atoms with van der Waals surface area (Å²) in [4.78, 5) is 15.2. The Morgan fingerprint density at radius 2 is 1.25 bits per heavy atom. The van der Waals surface area contributed by atoms with Gasteiger partial charge in [0.25, 0.3) is 0 Å². The van der Waals surface area contributed by atoms with Crippen LogP contribution < -0.4 is 5.19 Å². The zero-order valence-corrected chi connectivity index (χ0v) is 33.8. The van der Waals surface area contributed by atoms with E-state index in [0.29, 0.717) is 0 Å². The van der Waals surface area contributed by atoms with E-state index in [1.54, 1.807) is 0 Å². The number of hydrogen-bond acceptors (Lipinski definition) is 4. The maximum atomic E-state index is 11.8. The van der Waals surface area contributed by atoms with E-state index in [4.69, 9.17) is 15.0 Å². The maximum Gasteiger partial charge on any atom is 0.144 e. The highest BCUT2D eigenvalue weighted by Gasteiger charge is 2.28. The predicted molar refractivity (Wildman–Crippen MR) is 219 cm³/mol. The second kappa shape index (κ2) is 12.6. The van der Waals surface area contributed by atoms with Gasteiger partial charge in [-0.25, -0.2) is 4.98 Å². The molecule has 0 aliphatic heterocycles. The number of rotatable bonds is 5. The van der Waals surface area contributed by atoms with Crippen LogP contribution in [0.15, 0.2) is 85.3 Å². The van der Waals surface area contributed by atoms with Crippen molar-refractivity contribution in [3.63, 3.8) is 0 Å². The lowest BCUT2D eigenvalue weighted by molar-refractivity contribution is 0.446. The third-order valence-corrected chi connectivity index (χ3v) is 12.0. The molecule has 0 saturated heterocycles. The normalized spacial score (nSPS) is 12.9. The Balaban J connectivity index is 1.59. The lowest BCUT2D eigenvalue weighted by atomic mass is 9.79. The summed E-state index contributed by atoms with van der Waals surface area (Å²) in [7, 11) is 0.334. The van der Waals surface area contributed by atoms with Crippen LogP contribution in [-0.2, 0) is 23.3 Å². The Morgan fingerprint density at radius 1 is 0.627 bits per heavy atom. The molecule has 1 N–H and O–H groups in total. The summed E-state index contributed by atoms with van der Waals surface area (Å²) in [6.07, 6.45) is 5.92. The molecule has 3 aromatic heterocycles. The van der Waals surface area contributed by atoms with Gasteiger partial charge in [-0.15, -0.1) is 0 Å². The van der Waals surface area contributed by atoms with Gasteiger partial charge in [0.15, 0.2) is 0 Å². The highest BCUT2D eigenvalue weighted by atomic mass is 28.3. The van der Waals surface area contributed by atoms with E-state index in [1.165, 1.54) is 21.9 Å². The van der Waals surface area contributed by atoms with E-state index < -0.39 is 8.07 Å². The zero-order valence-electron chi connectivity index (χ0n) is 32.8. The number of phenolic OH excluding ortho intramolecular Hbond substituents is 1. The molecule has 264 valence electrons. The Kier molecular flexibility index (Phi) is 8.95. The first kappa shape index (κ1) is 36.2. The van der Waals surface area contributed by atoms with Crippen molar-refractivity contribution in [3.05, 3.63) is 102 Å². The maximum absolute atomic E-state index is 11.8. The standard InChI is InChI=1S/C45H54N4OSi/c1-43(2,3)31-20-29(19-30(21-31)37-24-33(28-17-15-14-16-18-28)39(27-47-37)51(11,12)13)35-25-46-26-38-40(35)48-42(49(38)10)34-22-32(44(4,5)6)23-36(41(34)50)45(7,8)9/h14-27,50H,1-13H3. The lowest BCUT2D eigenvalue weighted by Gasteiger charge is -2.27. The first-order valence-electron chi connectivity index (χ1n) is 18.1. The van der Waals surface area contributed by atoms with Crippen molar-refractivity contribution in [3.8, 4) is 50.6 Å². The highest BCUT2D eigenvalue weighted by Crippen LogP contribution is 2.43. The summed E-state index contributed by atoms with van der Waals surface area (Å²) >= 11 is 0. The minimum Gasteiger partial charge on any atom is -0.507 e. The summed E-state index contributed by atoms with van der Waals surface area (Å²) in [6, 6.07) is 24.0. The third-order valence-electron chi connectivity index (χ3n) is 10.0. The average Bonchev–Trinajstić information content (AvgIpc) is 3.38. The van der Waals surface area contributed by atoms with E-state index in [2.05, 4.69) is 159 Å². The quantitative estimate of drug-likeness (QED) is 0.182. The van der Waals surface area contributed by atoms with Gasteiger partial charge in [-0.05, 0) is 73.5 Å². The monoisotopic (exact) mass is 694 g/mol. The first-order valence-corrected chi connectivity index (χ1v) is 21.6. The summed E-state index contributed by atoms with van der Waals surface area (Å²) in [5.74, 6) is 0.999. The van der Waals surface area contributed by atoms with E-state index >= 15 is 0 Å². The molecule has 3 aromatic carbocycles. The molecular formula is C45H54N4OSi. The molecule has 0 radical (unpaired) electrons. The van der Waals surface area contributed by atoms with Crippen LogP contribution in [-0.4, -0.2) is 32.7 Å². The number of phenols is 1. The van der Waals surface area contributed by atoms with E-state index in [0.717, 1.165) is 55.9 Å². The van der Waals surface area contributed by atoms with Crippen LogP contribution in [0.1, 0.15) is 79.0 Å². The molecular weight excluding hydrogens is 641 g/mol. The molecule has 5 nitrogen and oxygen atoms in total. The fourth-order valence-corrected chi connectivity index (χ4v) is 8.27. The number of hydrogen-bond donors (Lipinski definition) is 1. The van der Waals surface area contributed by atoms with Crippen LogP contribution in [0.25, 0.3) is 55.9 Å². The third kappa shape index (κ3) is 7.03. The van der Waals surface area contributed by atoms with Crippen molar-refractivity contribution in [1.29, 1.82) is 0 Å². The fraction of sp³-hybridized carbons (Fsp3) is 0.356. The SMILES string of the molecule is Cn1c(-c2cc(C(C)(C)C)cc(C(C)(C)C)c2O)nc2c(-c3cc(-c4cc(-c5ccccc5)c([Si](C)(C)C)cn4)cc(C(C)(C)C)c3)cncc21. The van der Waals surface area contributed by atoms with Crippen LogP contribution >= 0.6 is 0 Å². The average molecular weight is 695 g/mol. The van der Waals surface area contributed by atoms with Crippen molar-refractivity contribution < 1.29 is 5.11 Å². The van der Waals surface area contributed by atoms with Gasteiger partial charge < -0.3 is 9.67 Å². The van der Waals surface area contributed by atoms with Gasteiger partial charge in [-0.2, -0.15) is 0 Å². The van der Waals surface area contributed by atoms with Gasteiger partial charge in [0.2, 0.25) is 0 Å². The predicted octanol–water partition coefficient (Wildman–Crippen LogP) is 11.2. The number of fused-ring (bicyclic) bond motifs is 1. The number of imidazole rings is 1. The van der Waals surface area contributed by atoms with Crippen molar-refractivity contribution in [2.45, 2.75) is 98.2 Å². The van der Waals surface area contributed by atoms with Crippen LogP contribution in [0.2, 0.25) is 19.6 Å². The molecule has 0 aliphatic rings. The summed E-state index contributed by atoms with van der Waals surface area (Å²) in [5.41, 5.74) is 11.8. The minimum atomic E-state index is -1.68. The first-order chi connectivity index (χ1) is 23.6. The Labute approximate surface area is 305 Å². The van der Waals surface area contributed by atoms with Gasteiger partial charge in [0, 0.05) is 36.1 Å². The second-order valence-electron chi connectivity index (χ2n) is 18.2. The highest BCUT2D eigenvalue weighted by molar-refractivity contribution is 6.89. The van der Waals surface area contributed by atoms with Crippen molar-refractivity contribution in [1.82, 2.24) is 19.5 Å². The van der Waals surface area contributed by atoms with E-state index in [9.17, 15) is 5.11 Å². The molecule has 0 amide bonds. The van der Waals surface area contributed by atoms with Gasteiger partial charge >= 0.3 is 0 Å². The summed E-state index contributed by atoms with van der Waals surface area (Å²) < 4.78 is 2.07. The summed E-state index contributed by atoms with van der Waals surface area (Å²) in [5, 5.41) is 13.1. The number of pyridine rings is 2. The molecule has 51 heavy (non-hydrogen) atoms. The number of aromatic nitrogens is 4.